The Morgan fingerprint density at radius 3 is 2.88 bits per heavy atom. The summed E-state index contributed by atoms with van der Waals surface area (Å²) in [6, 6.07) is 0. The van der Waals surface area contributed by atoms with Crippen LogP contribution in [0.25, 0.3) is 0 Å². The van der Waals surface area contributed by atoms with Gasteiger partial charge >= 0.3 is 5.97 Å². The van der Waals surface area contributed by atoms with Gasteiger partial charge in [0.1, 0.15) is 12.7 Å². The molecule has 1 rings (SSSR count). The fourth-order valence-electron chi connectivity index (χ4n) is 1.99. The maximum atomic E-state index is 10.9. The smallest absolute Gasteiger partial charge is 0.330 e. The molecule has 0 aromatic heterocycles. The van der Waals surface area contributed by atoms with Gasteiger partial charge in [-0.2, -0.15) is 0 Å². The Morgan fingerprint density at radius 2 is 2.35 bits per heavy atom. The summed E-state index contributed by atoms with van der Waals surface area (Å²) in [5.74, 6) is -0.421. The number of hydrogen-bond donors (Lipinski definition) is 0. The molecule has 0 aromatic rings. The monoisotopic (exact) mass is 242 g/mol. The summed E-state index contributed by atoms with van der Waals surface area (Å²) in [5.41, 5.74) is 0. The van der Waals surface area contributed by atoms with Gasteiger partial charge in [0.15, 0.2) is 5.79 Å². The fourth-order valence-corrected chi connectivity index (χ4v) is 1.99. The van der Waals surface area contributed by atoms with Crippen LogP contribution in [0.1, 0.15) is 33.6 Å². The van der Waals surface area contributed by atoms with Gasteiger partial charge in [0.2, 0.25) is 0 Å². The van der Waals surface area contributed by atoms with Gasteiger partial charge in [-0.05, 0) is 12.3 Å². The summed E-state index contributed by atoms with van der Waals surface area (Å²) in [6.07, 6.45) is 2.64. The van der Waals surface area contributed by atoms with E-state index in [2.05, 4.69) is 20.4 Å². The predicted octanol–water partition coefficient (Wildman–Crippen LogP) is 2.28. The molecule has 17 heavy (non-hydrogen) atoms. The molecule has 0 amide bonds. The molecule has 4 nitrogen and oxygen atoms in total. The van der Waals surface area contributed by atoms with Crippen molar-refractivity contribution in [3.63, 3.8) is 0 Å². The largest absolute Gasteiger partial charge is 0.460 e. The molecule has 1 saturated heterocycles. The molecule has 0 bridgehead atoms. The number of ether oxygens (including phenoxy) is 3. The highest BCUT2D eigenvalue weighted by Crippen LogP contribution is 2.33. The molecule has 0 saturated carbocycles. The van der Waals surface area contributed by atoms with Gasteiger partial charge in [0.25, 0.3) is 0 Å². The van der Waals surface area contributed by atoms with E-state index in [1.807, 2.05) is 6.92 Å². The van der Waals surface area contributed by atoms with E-state index in [-0.39, 0.29) is 12.7 Å². The number of esters is 1. The first-order valence-electron chi connectivity index (χ1n) is 6.12. The van der Waals surface area contributed by atoms with Crippen LogP contribution in [-0.2, 0) is 19.0 Å². The minimum absolute atomic E-state index is 0.169. The molecular weight excluding hydrogens is 220 g/mol. The standard InChI is InChI=1S/C13H22O4/c1-5-12(14)15-8-11-9-16-13(6-2,17-11)7-10(3)4/h5,10-11H,1,6-9H2,2-4H3. The summed E-state index contributed by atoms with van der Waals surface area (Å²) in [6.45, 7) is 10.4. The third-order valence-corrected chi connectivity index (χ3v) is 2.75. The van der Waals surface area contributed by atoms with Gasteiger partial charge in [-0.25, -0.2) is 4.79 Å². The first kappa shape index (κ1) is 14.2. The van der Waals surface area contributed by atoms with Gasteiger partial charge in [-0.15, -0.1) is 0 Å². The predicted molar refractivity (Wildman–Crippen MR) is 64.5 cm³/mol. The first-order valence-corrected chi connectivity index (χ1v) is 6.12. The summed E-state index contributed by atoms with van der Waals surface area (Å²) in [5, 5.41) is 0. The van der Waals surface area contributed by atoms with Gasteiger partial charge in [-0.3, -0.25) is 0 Å². The Labute approximate surface area is 103 Å². The SMILES string of the molecule is C=CC(=O)OCC1COC(CC)(CC(C)C)O1. The molecule has 0 spiro atoms. The molecule has 0 aromatic carbocycles. The molecule has 4 heteroatoms. The average Bonchev–Trinajstić information content (AvgIpc) is 2.69. The number of carbonyl (C=O) groups is 1. The van der Waals surface area contributed by atoms with E-state index in [9.17, 15) is 4.79 Å². The second kappa shape index (κ2) is 6.17. The lowest BCUT2D eigenvalue weighted by Gasteiger charge is -2.28. The number of carbonyl (C=O) groups excluding carboxylic acids is 1. The Balaban J connectivity index is 2.43. The third kappa shape index (κ3) is 4.13. The van der Waals surface area contributed by atoms with Crippen molar-refractivity contribution in [3.8, 4) is 0 Å². The topological polar surface area (TPSA) is 44.8 Å². The second-order valence-corrected chi connectivity index (χ2v) is 4.75. The van der Waals surface area contributed by atoms with E-state index in [0.29, 0.717) is 12.5 Å². The molecule has 0 radical (unpaired) electrons. The van der Waals surface area contributed by atoms with Crippen molar-refractivity contribution in [1.29, 1.82) is 0 Å². The Hall–Kier alpha value is -0.870. The van der Waals surface area contributed by atoms with E-state index < -0.39 is 11.8 Å². The lowest BCUT2D eigenvalue weighted by atomic mass is 10.0. The minimum Gasteiger partial charge on any atom is -0.460 e. The van der Waals surface area contributed by atoms with Crippen molar-refractivity contribution in [1.82, 2.24) is 0 Å². The van der Waals surface area contributed by atoms with E-state index >= 15 is 0 Å². The van der Waals surface area contributed by atoms with Crippen LogP contribution >= 0.6 is 0 Å². The maximum absolute atomic E-state index is 10.9. The molecule has 0 aliphatic carbocycles. The zero-order valence-corrected chi connectivity index (χ0v) is 10.9. The highest BCUT2D eigenvalue weighted by atomic mass is 16.8. The fraction of sp³-hybridized carbons (Fsp3) is 0.769. The number of hydrogen-bond acceptors (Lipinski definition) is 4. The quantitative estimate of drug-likeness (QED) is 0.529. The van der Waals surface area contributed by atoms with Crippen molar-refractivity contribution >= 4 is 5.97 Å². The van der Waals surface area contributed by atoms with Gasteiger partial charge in [0.05, 0.1) is 6.61 Å². The Bertz CT molecular complexity index is 275. The van der Waals surface area contributed by atoms with Gasteiger partial charge < -0.3 is 14.2 Å². The molecule has 1 aliphatic rings. The molecule has 1 heterocycles. The van der Waals surface area contributed by atoms with E-state index in [4.69, 9.17) is 14.2 Å². The summed E-state index contributed by atoms with van der Waals surface area (Å²) in [4.78, 5) is 10.9. The van der Waals surface area contributed by atoms with Crippen LogP contribution in [-0.4, -0.2) is 31.1 Å². The van der Waals surface area contributed by atoms with Crippen LogP contribution in [0.3, 0.4) is 0 Å². The van der Waals surface area contributed by atoms with Crippen molar-refractivity contribution in [2.75, 3.05) is 13.2 Å². The summed E-state index contributed by atoms with van der Waals surface area (Å²) < 4.78 is 16.6. The average molecular weight is 242 g/mol. The molecule has 98 valence electrons. The van der Waals surface area contributed by atoms with E-state index in [1.54, 1.807) is 0 Å². The highest BCUT2D eigenvalue weighted by Gasteiger charge is 2.40. The van der Waals surface area contributed by atoms with Crippen molar-refractivity contribution < 1.29 is 19.0 Å². The van der Waals surface area contributed by atoms with E-state index in [1.165, 1.54) is 0 Å². The van der Waals surface area contributed by atoms with Crippen LogP contribution in [0.2, 0.25) is 0 Å². The van der Waals surface area contributed by atoms with Crippen molar-refractivity contribution in [3.05, 3.63) is 12.7 Å². The van der Waals surface area contributed by atoms with Crippen molar-refractivity contribution in [2.45, 2.75) is 45.5 Å². The lowest BCUT2D eigenvalue weighted by Crippen LogP contribution is -2.32. The van der Waals surface area contributed by atoms with Crippen LogP contribution in [0.5, 0.6) is 0 Å². The van der Waals surface area contributed by atoms with Crippen molar-refractivity contribution in [2.24, 2.45) is 5.92 Å². The second-order valence-electron chi connectivity index (χ2n) is 4.75. The maximum Gasteiger partial charge on any atom is 0.330 e. The minimum atomic E-state index is -0.501. The van der Waals surface area contributed by atoms with Crippen LogP contribution in [0.15, 0.2) is 12.7 Å². The zero-order valence-electron chi connectivity index (χ0n) is 10.9. The molecule has 1 aliphatic heterocycles. The van der Waals surface area contributed by atoms with E-state index in [0.717, 1.165) is 18.9 Å². The molecule has 0 N–H and O–H groups in total. The van der Waals surface area contributed by atoms with Gasteiger partial charge in [-0.1, -0.05) is 27.4 Å². The Kier molecular flexibility index (Phi) is 5.15. The zero-order chi connectivity index (χ0) is 12.9. The van der Waals surface area contributed by atoms with Crippen LogP contribution in [0.4, 0.5) is 0 Å². The summed E-state index contributed by atoms with van der Waals surface area (Å²) in [7, 11) is 0. The molecule has 1 fully saturated rings. The molecular formula is C13H22O4. The van der Waals surface area contributed by atoms with Crippen LogP contribution in [0, 0.1) is 5.92 Å². The molecule has 2 unspecified atom stereocenters. The normalized spacial score (nSPS) is 28.4. The summed E-state index contributed by atoms with van der Waals surface area (Å²) >= 11 is 0. The Morgan fingerprint density at radius 1 is 1.65 bits per heavy atom. The lowest BCUT2D eigenvalue weighted by molar-refractivity contribution is -0.186. The number of rotatable bonds is 6. The molecule has 2 atom stereocenters. The third-order valence-electron chi connectivity index (χ3n) is 2.75. The first-order chi connectivity index (χ1) is 8.01. The van der Waals surface area contributed by atoms with Crippen LogP contribution < -0.4 is 0 Å². The highest BCUT2D eigenvalue weighted by molar-refractivity contribution is 5.81. The van der Waals surface area contributed by atoms with Gasteiger partial charge in [0, 0.05) is 12.5 Å².